The van der Waals surface area contributed by atoms with Gasteiger partial charge in [-0.3, -0.25) is 15.1 Å². The minimum atomic E-state index is 0.510. The van der Waals surface area contributed by atoms with Crippen molar-refractivity contribution in [3.63, 3.8) is 0 Å². The first-order valence-electron chi connectivity index (χ1n) is 12.1. The van der Waals surface area contributed by atoms with Crippen molar-refractivity contribution in [3.05, 3.63) is 113 Å². The summed E-state index contributed by atoms with van der Waals surface area (Å²) in [4.78, 5) is 9.50. The highest BCUT2D eigenvalue weighted by Crippen LogP contribution is 2.29. The topological polar surface area (TPSA) is 104 Å². The molecule has 2 aliphatic rings. The van der Waals surface area contributed by atoms with Crippen molar-refractivity contribution in [2.24, 2.45) is 10.7 Å². The molecule has 1 aliphatic heterocycles. The zero-order valence-corrected chi connectivity index (χ0v) is 21.1. The van der Waals surface area contributed by atoms with Crippen LogP contribution in [0.4, 0.5) is 0 Å². The van der Waals surface area contributed by atoms with E-state index in [2.05, 4.69) is 46.1 Å². The summed E-state index contributed by atoms with van der Waals surface area (Å²) in [6.45, 7) is 10.7. The number of rotatable bonds is 6. The Bertz CT molecular complexity index is 1420. The molecule has 0 radical (unpaired) electrons. The van der Waals surface area contributed by atoms with Gasteiger partial charge in [0.05, 0.1) is 23.3 Å². The number of aryl methyl sites for hydroxylation is 1. The van der Waals surface area contributed by atoms with E-state index in [0.29, 0.717) is 25.1 Å². The SMILES string of the molecule is C=C1\C=C/C(c2cn[nH]c2-c2cccc(C)n2)=C/C=C/C1=C/C(=C\C)C1=NC(CCN)=C(C)C(=N)C1. The van der Waals surface area contributed by atoms with Crippen molar-refractivity contribution in [1.29, 1.82) is 5.41 Å². The van der Waals surface area contributed by atoms with Gasteiger partial charge in [0.15, 0.2) is 0 Å². The number of hydrogen-bond acceptors (Lipinski definition) is 5. The van der Waals surface area contributed by atoms with E-state index in [1.807, 2.05) is 63.4 Å². The Hall–Kier alpha value is -4.16. The number of nitrogens with two attached hydrogens (primary N) is 1. The Morgan fingerprint density at radius 2 is 2.06 bits per heavy atom. The smallest absolute Gasteiger partial charge is 0.0912 e. The zero-order valence-electron chi connectivity index (χ0n) is 21.1. The fourth-order valence-corrected chi connectivity index (χ4v) is 4.22. The lowest BCUT2D eigenvalue weighted by Gasteiger charge is -2.19. The molecule has 2 aromatic heterocycles. The molecule has 0 aromatic carbocycles. The number of nitrogens with zero attached hydrogens (tertiary/aromatic N) is 3. The van der Waals surface area contributed by atoms with Gasteiger partial charge in [0.2, 0.25) is 0 Å². The molecular formula is C30H32N6. The number of hydrogen-bond donors (Lipinski definition) is 3. The Morgan fingerprint density at radius 3 is 2.81 bits per heavy atom. The van der Waals surface area contributed by atoms with Crippen LogP contribution in [0, 0.1) is 12.3 Å². The van der Waals surface area contributed by atoms with E-state index in [1.54, 1.807) is 0 Å². The first-order chi connectivity index (χ1) is 17.4. The molecule has 2 aromatic rings. The molecular weight excluding hydrogens is 444 g/mol. The number of H-pyrrole nitrogens is 1. The first-order valence-corrected chi connectivity index (χ1v) is 12.1. The van der Waals surface area contributed by atoms with Gasteiger partial charge < -0.3 is 11.1 Å². The lowest BCUT2D eigenvalue weighted by molar-refractivity contribution is 0.918. The molecule has 6 heteroatoms. The van der Waals surface area contributed by atoms with Gasteiger partial charge in [-0.05, 0) is 73.4 Å². The van der Waals surface area contributed by atoms with Crippen molar-refractivity contribution in [3.8, 4) is 11.4 Å². The van der Waals surface area contributed by atoms with E-state index >= 15 is 0 Å². The summed E-state index contributed by atoms with van der Waals surface area (Å²) in [5, 5.41) is 15.8. The number of aromatic nitrogens is 3. The van der Waals surface area contributed by atoms with Gasteiger partial charge >= 0.3 is 0 Å². The molecule has 0 saturated heterocycles. The predicted octanol–water partition coefficient (Wildman–Crippen LogP) is 6.21. The summed E-state index contributed by atoms with van der Waals surface area (Å²) < 4.78 is 0. The summed E-state index contributed by atoms with van der Waals surface area (Å²) >= 11 is 0. The summed E-state index contributed by atoms with van der Waals surface area (Å²) in [5.74, 6) is 0. The van der Waals surface area contributed by atoms with Gasteiger partial charge in [-0.15, -0.1) is 0 Å². The summed E-state index contributed by atoms with van der Waals surface area (Å²) in [7, 11) is 0. The molecule has 182 valence electrons. The van der Waals surface area contributed by atoms with Crippen LogP contribution in [-0.2, 0) is 0 Å². The second-order valence-electron chi connectivity index (χ2n) is 8.83. The second kappa shape index (κ2) is 11.1. The third-order valence-electron chi connectivity index (χ3n) is 6.32. The molecule has 0 amide bonds. The fourth-order valence-electron chi connectivity index (χ4n) is 4.22. The van der Waals surface area contributed by atoms with Gasteiger partial charge in [-0.2, -0.15) is 5.10 Å². The van der Waals surface area contributed by atoms with E-state index in [4.69, 9.17) is 16.1 Å². The van der Waals surface area contributed by atoms with Crippen LogP contribution in [0.15, 0.2) is 106 Å². The normalized spacial score (nSPS) is 21.1. The van der Waals surface area contributed by atoms with Crippen LogP contribution in [0.2, 0.25) is 0 Å². The van der Waals surface area contributed by atoms with Crippen LogP contribution in [0.1, 0.15) is 37.9 Å². The molecule has 0 unspecified atom stereocenters. The molecule has 4 N–H and O–H groups in total. The van der Waals surface area contributed by atoms with E-state index < -0.39 is 0 Å². The monoisotopic (exact) mass is 476 g/mol. The third kappa shape index (κ3) is 5.39. The van der Waals surface area contributed by atoms with E-state index in [-0.39, 0.29) is 0 Å². The van der Waals surface area contributed by atoms with Crippen molar-refractivity contribution < 1.29 is 0 Å². The Labute approximate surface area is 212 Å². The highest BCUT2D eigenvalue weighted by atomic mass is 15.1. The Morgan fingerprint density at radius 1 is 1.22 bits per heavy atom. The molecule has 0 atom stereocenters. The van der Waals surface area contributed by atoms with Gasteiger partial charge in [0.25, 0.3) is 0 Å². The molecule has 3 heterocycles. The molecule has 0 spiro atoms. The second-order valence-corrected chi connectivity index (χ2v) is 8.83. The summed E-state index contributed by atoms with van der Waals surface area (Å²) in [6, 6.07) is 5.96. The van der Waals surface area contributed by atoms with E-state index in [0.717, 1.165) is 61.9 Å². The lowest BCUT2D eigenvalue weighted by Crippen LogP contribution is -2.18. The average molecular weight is 477 g/mol. The minimum absolute atomic E-state index is 0.510. The van der Waals surface area contributed by atoms with Crippen molar-refractivity contribution in [2.75, 3.05) is 6.54 Å². The standard InChI is InChI=1S/C30H32N6/c1-5-22(29-17-26(32)21(4)27(35-29)14-15-31)16-24-10-7-9-23(13-12-19(24)2)25-18-33-36-30(25)28-11-6-8-20(3)34-28/h5-13,16,18,32H,2,14-15,17,31H2,1,3-4H3,(H,33,36)/b10-7+,13-12-,22-5+,23-9-,24-16-,32-26?. The molecule has 0 fully saturated rings. The first kappa shape index (κ1) is 24.9. The maximum atomic E-state index is 8.42. The van der Waals surface area contributed by atoms with Crippen molar-refractivity contribution in [1.82, 2.24) is 15.2 Å². The molecule has 6 nitrogen and oxygen atoms in total. The predicted molar refractivity (Wildman–Crippen MR) is 150 cm³/mol. The van der Waals surface area contributed by atoms with Crippen LogP contribution in [0.5, 0.6) is 0 Å². The Kier molecular flexibility index (Phi) is 7.66. The number of aliphatic imine (C=N–C) groups is 1. The minimum Gasteiger partial charge on any atom is -0.330 e. The van der Waals surface area contributed by atoms with Crippen LogP contribution in [-0.4, -0.2) is 33.1 Å². The lowest BCUT2D eigenvalue weighted by atomic mass is 9.92. The molecule has 36 heavy (non-hydrogen) atoms. The molecule has 4 rings (SSSR count). The van der Waals surface area contributed by atoms with E-state index in [1.165, 1.54) is 0 Å². The average Bonchev–Trinajstić information content (AvgIpc) is 3.34. The number of nitrogens with one attached hydrogen (secondary N) is 2. The Balaban J connectivity index is 1.65. The van der Waals surface area contributed by atoms with Gasteiger partial charge in [-0.25, -0.2) is 0 Å². The maximum Gasteiger partial charge on any atom is 0.0912 e. The van der Waals surface area contributed by atoms with Gasteiger partial charge in [-0.1, -0.05) is 49.1 Å². The van der Waals surface area contributed by atoms with Crippen molar-refractivity contribution >= 4 is 17.0 Å². The van der Waals surface area contributed by atoms with Gasteiger partial charge in [0, 0.05) is 35.5 Å². The molecule has 0 bridgehead atoms. The third-order valence-corrected chi connectivity index (χ3v) is 6.32. The number of allylic oxidation sites excluding steroid dienone is 12. The largest absolute Gasteiger partial charge is 0.330 e. The zero-order chi connectivity index (χ0) is 25.7. The summed E-state index contributed by atoms with van der Waals surface area (Å²) in [6.07, 6.45) is 17.4. The quantitative estimate of drug-likeness (QED) is 0.462. The molecule has 0 saturated carbocycles. The van der Waals surface area contributed by atoms with Crippen LogP contribution in [0.25, 0.3) is 17.0 Å². The molecule has 1 aliphatic carbocycles. The fraction of sp³-hybridized carbons (Fsp3) is 0.200. The maximum absolute atomic E-state index is 8.42. The highest BCUT2D eigenvalue weighted by Gasteiger charge is 2.19. The number of aromatic amines is 1. The summed E-state index contributed by atoms with van der Waals surface area (Å²) in [5.41, 5.74) is 16.7. The van der Waals surface area contributed by atoms with Crippen LogP contribution >= 0.6 is 0 Å². The van der Waals surface area contributed by atoms with Crippen molar-refractivity contribution in [2.45, 2.75) is 33.6 Å². The van der Waals surface area contributed by atoms with Gasteiger partial charge in [0.1, 0.15) is 0 Å². The number of pyridine rings is 1. The van der Waals surface area contributed by atoms with Crippen LogP contribution in [0.3, 0.4) is 0 Å². The van der Waals surface area contributed by atoms with Crippen LogP contribution < -0.4 is 5.73 Å². The van der Waals surface area contributed by atoms with E-state index in [9.17, 15) is 0 Å². The highest BCUT2D eigenvalue weighted by molar-refractivity contribution is 6.19.